The van der Waals surface area contributed by atoms with Gasteiger partial charge in [0.15, 0.2) is 0 Å². The molecule has 0 fully saturated rings. The predicted octanol–water partition coefficient (Wildman–Crippen LogP) is 3.81. The Morgan fingerprint density at radius 1 is 1.12 bits per heavy atom. The molecule has 0 rings (SSSR count). The van der Waals surface area contributed by atoms with E-state index in [1.165, 1.54) is 25.7 Å². The van der Waals surface area contributed by atoms with Crippen LogP contribution in [0.2, 0.25) is 0 Å². The molecule has 0 N–H and O–H groups in total. The van der Waals surface area contributed by atoms with Crippen LogP contribution in [0.25, 0.3) is 0 Å². The maximum Gasteiger partial charge on any atom is 0.0972 e. The third-order valence-corrected chi connectivity index (χ3v) is 3.38. The SMILES string of the molecule is C=C(C)COCCCCCCCCC([SiH3])(Cl)Cl. The first-order valence-electron chi connectivity index (χ1n) is 6.52. The monoisotopic (exact) mass is 296 g/mol. The lowest BCUT2D eigenvalue weighted by molar-refractivity contribution is 0.151. The Kier molecular flexibility index (Phi) is 10.7. The highest BCUT2D eigenvalue weighted by Gasteiger charge is 2.14. The highest BCUT2D eigenvalue weighted by atomic mass is 35.5. The third kappa shape index (κ3) is 16.5. The van der Waals surface area contributed by atoms with E-state index in [1.54, 1.807) is 0 Å². The van der Waals surface area contributed by atoms with Gasteiger partial charge in [0, 0.05) is 16.8 Å². The van der Waals surface area contributed by atoms with Gasteiger partial charge in [-0.3, -0.25) is 0 Å². The van der Waals surface area contributed by atoms with Gasteiger partial charge in [0.2, 0.25) is 0 Å². The van der Waals surface area contributed by atoms with Gasteiger partial charge >= 0.3 is 0 Å². The molecule has 0 atom stereocenters. The highest BCUT2D eigenvalue weighted by molar-refractivity contribution is 6.65. The van der Waals surface area contributed by atoms with E-state index in [1.807, 2.05) is 6.92 Å². The third-order valence-electron chi connectivity index (χ3n) is 2.50. The molecule has 0 radical (unpaired) electrons. The zero-order chi connectivity index (χ0) is 13.1. The number of halogens is 2. The van der Waals surface area contributed by atoms with E-state index in [0.29, 0.717) is 6.61 Å². The number of ether oxygens (including phenoxy) is 1. The highest BCUT2D eigenvalue weighted by Crippen LogP contribution is 2.23. The van der Waals surface area contributed by atoms with Crippen molar-refractivity contribution >= 4 is 33.4 Å². The van der Waals surface area contributed by atoms with Crippen LogP contribution in [-0.4, -0.2) is 27.4 Å². The summed E-state index contributed by atoms with van der Waals surface area (Å²) in [4.78, 5) is 0. The van der Waals surface area contributed by atoms with Crippen LogP contribution in [-0.2, 0) is 4.74 Å². The van der Waals surface area contributed by atoms with Gasteiger partial charge in [-0.25, -0.2) is 0 Å². The van der Waals surface area contributed by atoms with Crippen molar-refractivity contribution in [2.24, 2.45) is 0 Å². The molecule has 102 valence electrons. The second-order valence-corrected chi connectivity index (χ2v) is 9.79. The standard InChI is InChI=1S/C13H26Cl2OSi/c1-12(2)11-16-10-8-6-4-3-5-7-9-13(14,15)17/h1,3-11H2,2,17H3. The van der Waals surface area contributed by atoms with Gasteiger partial charge in [-0.2, -0.15) is 0 Å². The zero-order valence-electron chi connectivity index (χ0n) is 11.2. The summed E-state index contributed by atoms with van der Waals surface area (Å²) in [6.07, 6.45) is 8.33. The van der Waals surface area contributed by atoms with Crippen LogP contribution in [0.1, 0.15) is 51.9 Å². The first-order chi connectivity index (χ1) is 7.92. The van der Waals surface area contributed by atoms with Gasteiger partial charge in [-0.15, -0.1) is 23.2 Å². The van der Waals surface area contributed by atoms with Crippen molar-refractivity contribution in [3.05, 3.63) is 12.2 Å². The van der Waals surface area contributed by atoms with E-state index in [-0.39, 0.29) is 0 Å². The van der Waals surface area contributed by atoms with Crippen LogP contribution in [0.3, 0.4) is 0 Å². The molecule has 0 aromatic rings. The van der Waals surface area contributed by atoms with Gasteiger partial charge in [0.25, 0.3) is 0 Å². The molecule has 0 aliphatic heterocycles. The summed E-state index contributed by atoms with van der Waals surface area (Å²) < 4.78 is 5.03. The number of unbranched alkanes of at least 4 members (excludes halogenated alkanes) is 5. The molecule has 0 aromatic carbocycles. The molecule has 1 nitrogen and oxygen atoms in total. The van der Waals surface area contributed by atoms with E-state index in [0.717, 1.165) is 41.7 Å². The Labute approximate surface area is 119 Å². The quantitative estimate of drug-likeness (QED) is 0.244. The van der Waals surface area contributed by atoms with Crippen LogP contribution in [0.4, 0.5) is 0 Å². The van der Waals surface area contributed by atoms with Crippen LogP contribution in [0, 0.1) is 0 Å². The summed E-state index contributed by atoms with van der Waals surface area (Å²) in [7, 11) is 0.854. The molecule has 0 saturated carbocycles. The molecule has 4 heteroatoms. The molecule has 0 spiro atoms. The lowest BCUT2D eigenvalue weighted by Gasteiger charge is -2.12. The van der Waals surface area contributed by atoms with E-state index in [9.17, 15) is 0 Å². The smallest absolute Gasteiger partial charge is 0.0972 e. The predicted molar refractivity (Wildman–Crippen MR) is 82.3 cm³/mol. The second-order valence-electron chi connectivity index (χ2n) is 4.95. The summed E-state index contributed by atoms with van der Waals surface area (Å²) in [5.41, 5.74) is 1.10. The summed E-state index contributed by atoms with van der Waals surface area (Å²) in [6, 6.07) is 0. The van der Waals surface area contributed by atoms with Gasteiger partial charge in [-0.05, 0) is 19.8 Å². The van der Waals surface area contributed by atoms with Gasteiger partial charge in [0.05, 0.1) is 10.6 Å². The average Bonchev–Trinajstić information content (AvgIpc) is 2.18. The summed E-state index contributed by atoms with van der Waals surface area (Å²) in [6.45, 7) is 7.35. The molecule has 0 amide bonds. The first-order valence-corrected chi connectivity index (χ1v) is 8.27. The molecule has 17 heavy (non-hydrogen) atoms. The number of alkyl halides is 2. The van der Waals surface area contributed by atoms with Crippen molar-refractivity contribution in [3.63, 3.8) is 0 Å². The largest absolute Gasteiger partial charge is 0.377 e. The van der Waals surface area contributed by atoms with Gasteiger partial charge in [-0.1, -0.05) is 44.3 Å². The Hall–Kier alpha value is 0.497. The average molecular weight is 297 g/mol. The van der Waals surface area contributed by atoms with Crippen LogP contribution >= 0.6 is 23.2 Å². The minimum absolute atomic E-state index is 0.406. The van der Waals surface area contributed by atoms with Crippen molar-refractivity contribution in [2.75, 3.05) is 13.2 Å². The van der Waals surface area contributed by atoms with Crippen molar-refractivity contribution in [2.45, 2.75) is 55.8 Å². The van der Waals surface area contributed by atoms with E-state index < -0.39 is 3.96 Å². The normalized spacial score (nSPS) is 11.9. The molecular weight excluding hydrogens is 271 g/mol. The first kappa shape index (κ1) is 17.5. The van der Waals surface area contributed by atoms with Crippen molar-refractivity contribution < 1.29 is 4.74 Å². The van der Waals surface area contributed by atoms with E-state index >= 15 is 0 Å². The van der Waals surface area contributed by atoms with Crippen LogP contribution in [0.5, 0.6) is 0 Å². The van der Waals surface area contributed by atoms with Crippen molar-refractivity contribution in [1.82, 2.24) is 0 Å². The molecular formula is C13H26Cl2OSi. The maximum absolute atomic E-state index is 5.96. The lowest BCUT2D eigenvalue weighted by atomic mass is 10.1. The fourth-order valence-corrected chi connectivity index (χ4v) is 2.21. The maximum atomic E-state index is 5.96. The molecule has 0 unspecified atom stereocenters. The summed E-state index contributed by atoms with van der Waals surface area (Å²) in [5.74, 6) is 0. The number of hydrogen-bond donors (Lipinski definition) is 0. The molecule has 0 aliphatic carbocycles. The molecule has 0 saturated heterocycles. The zero-order valence-corrected chi connectivity index (χ0v) is 14.7. The molecule has 0 aliphatic rings. The Morgan fingerprint density at radius 2 is 1.65 bits per heavy atom. The topological polar surface area (TPSA) is 9.23 Å². The van der Waals surface area contributed by atoms with Gasteiger partial charge < -0.3 is 4.74 Å². The number of hydrogen-bond acceptors (Lipinski definition) is 1. The second kappa shape index (κ2) is 10.4. The molecule has 0 bridgehead atoms. The number of rotatable bonds is 11. The van der Waals surface area contributed by atoms with Gasteiger partial charge in [0.1, 0.15) is 0 Å². The van der Waals surface area contributed by atoms with Crippen molar-refractivity contribution in [1.29, 1.82) is 0 Å². The summed E-state index contributed by atoms with van der Waals surface area (Å²) >= 11 is 11.9. The minimum Gasteiger partial charge on any atom is -0.377 e. The van der Waals surface area contributed by atoms with E-state index in [4.69, 9.17) is 27.9 Å². The Bertz CT molecular complexity index is 202. The fraction of sp³-hybridized carbons (Fsp3) is 0.846. The summed E-state index contributed by atoms with van der Waals surface area (Å²) in [5, 5.41) is 0. The molecule has 0 aromatic heterocycles. The van der Waals surface area contributed by atoms with Crippen LogP contribution < -0.4 is 0 Å². The minimum atomic E-state index is -0.406. The van der Waals surface area contributed by atoms with Crippen LogP contribution in [0.15, 0.2) is 12.2 Å². The lowest BCUT2D eigenvalue weighted by Crippen LogP contribution is -2.11. The Balaban J connectivity index is 3.06. The fourth-order valence-electron chi connectivity index (χ4n) is 1.59. The Morgan fingerprint density at radius 3 is 2.18 bits per heavy atom. The van der Waals surface area contributed by atoms with E-state index in [2.05, 4.69) is 6.58 Å². The molecule has 0 heterocycles. The van der Waals surface area contributed by atoms with Crippen molar-refractivity contribution in [3.8, 4) is 0 Å².